The second-order valence-electron chi connectivity index (χ2n) is 5.22. The molecule has 3 N–H and O–H groups in total. The van der Waals surface area contributed by atoms with Crippen LogP contribution in [0.5, 0.6) is 5.75 Å². The van der Waals surface area contributed by atoms with Crippen LogP contribution in [0.4, 0.5) is 0 Å². The Kier molecular flexibility index (Phi) is 4.98. The standard InChI is InChI=1S/C15H23N3O2/c1-3-17-15(20)13-9-16-6-7-18(13)10-12-8-11(2)4-5-14(12)19/h4-5,8,13,16,19H,3,6-7,9-10H2,1-2H3,(H,17,20). The summed E-state index contributed by atoms with van der Waals surface area (Å²) < 4.78 is 0. The summed E-state index contributed by atoms with van der Waals surface area (Å²) in [4.78, 5) is 14.2. The number of carbonyl (C=O) groups is 1. The highest BCUT2D eigenvalue weighted by atomic mass is 16.3. The Hall–Kier alpha value is -1.59. The number of aryl methyl sites for hydroxylation is 1. The molecule has 0 aliphatic carbocycles. The van der Waals surface area contributed by atoms with E-state index in [9.17, 15) is 9.90 Å². The Bertz CT molecular complexity index is 476. The molecule has 1 fully saturated rings. The predicted molar refractivity (Wildman–Crippen MR) is 78.6 cm³/mol. The van der Waals surface area contributed by atoms with Gasteiger partial charge in [0.2, 0.25) is 5.91 Å². The van der Waals surface area contributed by atoms with Gasteiger partial charge in [-0.2, -0.15) is 0 Å². The molecule has 1 aliphatic heterocycles. The Morgan fingerprint density at radius 1 is 1.55 bits per heavy atom. The number of phenols is 1. The number of nitrogens with zero attached hydrogens (tertiary/aromatic N) is 1. The van der Waals surface area contributed by atoms with Gasteiger partial charge in [-0.1, -0.05) is 17.7 Å². The fourth-order valence-corrected chi connectivity index (χ4v) is 2.55. The molecule has 1 amide bonds. The number of amides is 1. The van der Waals surface area contributed by atoms with Crippen LogP contribution in [0.1, 0.15) is 18.1 Å². The van der Waals surface area contributed by atoms with Gasteiger partial charge in [0.1, 0.15) is 11.8 Å². The number of aromatic hydroxyl groups is 1. The van der Waals surface area contributed by atoms with Crippen LogP contribution < -0.4 is 10.6 Å². The number of rotatable bonds is 4. The minimum absolute atomic E-state index is 0.0480. The minimum atomic E-state index is -0.177. The van der Waals surface area contributed by atoms with Crippen molar-refractivity contribution in [1.82, 2.24) is 15.5 Å². The second-order valence-corrected chi connectivity index (χ2v) is 5.22. The summed E-state index contributed by atoms with van der Waals surface area (Å²) in [6, 6.07) is 5.40. The zero-order chi connectivity index (χ0) is 14.5. The summed E-state index contributed by atoms with van der Waals surface area (Å²) in [5.74, 6) is 0.343. The van der Waals surface area contributed by atoms with Gasteiger partial charge in [0.15, 0.2) is 0 Å². The van der Waals surface area contributed by atoms with Gasteiger partial charge in [-0.05, 0) is 19.9 Å². The summed E-state index contributed by atoms with van der Waals surface area (Å²) in [7, 11) is 0. The van der Waals surface area contributed by atoms with Crippen molar-refractivity contribution in [1.29, 1.82) is 0 Å². The largest absolute Gasteiger partial charge is 0.508 e. The topological polar surface area (TPSA) is 64.6 Å². The molecule has 1 saturated heterocycles. The molecule has 0 aromatic heterocycles. The maximum absolute atomic E-state index is 12.1. The number of hydrogen-bond donors (Lipinski definition) is 3. The Balaban J connectivity index is 2.12. The van der Waals surface area contributed by atoms with Crippen LogP contribution in [-0.4, -0.2) is 48.1 Å². The summed E-state index contributed by atoms with van der Waals surface area (Å²) in [5, 5.41) is 16.1. The van der Waals surface area contributed by atoms with Crippen molar-refractivity contribution in [2.75, 3.05) is 26.2 Å². The van der Waals surface area contributed by atoms with Crippen molar-refractivity contribution in [2.24, 2.45) is 0 Å². The van der Waals surface area contributed by atoms with E-state index in [-0.39, 0.29) is 11.9 Å². The first-order chi connectivity index (χ1) is 9.61. The number of carbonyl (C=O) groups excluding carboxylic acids is 1. The first-order valence-corrected chi connectivity index (χ1v) is 7.12. The van der Waals surface area contributed by atoms with Crippen molar-refractivity contribution < 1.29 is 9.90 Å². The van der Waals surface area contributed by atoms with Crippen LogP contribution in [0, 0.1) is 6.92 Å². The molecule has 0 bridgehead atoms. The third-order valence-corrected chi connectivity index (χ3v) is 3.62. The van der Waals surface area contributed by atoms with Gasteiger partial charge >= 0.3 is 0 Å². The number of hydrogen-bond acceptors (Lipinski definition) is 4. The van der Waals surface area contributed by atoms with Crippen LogP contribution in [0.25, 0.3) is 0 Å². The van der Waals surface area contributed by atoms with E-state index in [2.05, 4.69) is 15.5 Å². The molecule has 5 heteroatoms. The van der Waals surface area contributed by atoms with E-state index in [1.807, 2.05) is 26.0 Å². The molecule has 2 rings (SSSR count). The highest BCUT2D eigenvalue weighted by Crippen LogP contribution is 2.21. The summed E-state index contributed by atoms with van der Waals surface area (Å²) in [5.41, 5.74) is 1.99. The minimum Gasteiger partial charge on any atom is -0.508 e. The third kappa shape index (κ3) is 3.49. The molecule has 1 unspecified atom stereocenters. The second kappa shape index (κ2) is 6.72. The Labute approximate surface area is 120 Å². The Morgan fingerprint density at radius 2 is 2.35 bits per heavy atom. The first-order valence-electron chi connectivity index (χ1n) is 7.12. The predicted octanol–water partition coefficient (Wildman–Crippen LogP) is 0.611. The number of piperazine rings is 1. The molecule has 1 aromatic carbocycles. The Morgan fingerprint density at radius 3 is 3.10 bits per heavy atom. The van der Waals surface area contributed by atoms with Crippen molar-refractivity contribution >= 4 is 5.91 Å². The molecule has 1 aliphatic rings. The number of nitrogens with one attached hydrogen (secondary N) is 2. The van der Waals surface area contributed by atoms with Crippen LogP contribution in [0.2, 0.25) is 0 Å². The highest BCUT2D eigenvalue weighted by Gasteiger charge is 2.28. The normalized spacial score (nSPS) is 19.8. The van der Waals surface area contributed by atoms with E-state index in [0.29, 0.717) is 25.4 Å². The van der Waals surface area contributed by atoms with Crippen LogP contribution in [-0.2, 0) is 11.3 Å². The lowest BCUT2D eigenvalue weighted by atomic mass is 10.1. The number of benzene rings is 1. The van der Waals surface area contributed by atoms with E-state index in [1.165, 1.54) is 0 Å². The lowest BCUT2D eigenvalue weighted by Gasteiger charge is -2.35. The van der Waals surface area contributed by atoms with E-state index in [1.54, 1.807) is 6.07 Å². The lowest BCUT2D eigenvalue weighted by molar-refractivity contribution is -0.127. The van der Waals surface area contributed by atoms with Crippen LogP contribution in [0.15, 0.2) is 18.2 Å². The maximum Gasteiger partial charge on any atom is 0.238 e. The smallest absolute Gasteiger partial charge is 0.238 e. The number of phenolic OH excluding ortho intramolecular Hbond substituents is 1. The lowest BCUT2D eigenvalue weighted by Crippen LogP contribution is -2.57. The van der Waals surface area contributed by atoms with Gasteiger partial charge in [0, 0.05) is 38.3 Å². The van der Waals surface area contributed by atoms with Crippen molar-refractivity contribution in [2.45, 2.75) is 26.4 Å². The fourth-order valence-electron chi connectivity index (χ4n) is 2.55. The van der Waals surface area contributed by atoms with Gasteiger partial charge in [-0.25, -0.2) is 0 Å². The zero-order valence-electron chi connectivity index (χ0n) is 12.1. The maximum atomic E-state index is 12.1. The van der Waals surface area contributed by atoms with Gasteiger partial charge in [-0.15, -0.1) is 0 Å². The number of likely N-dealkylation sites (N-methyl/N-ethyl adjacent to an activating group) is 1. The molecule has 110 valence electrons. The fraction of sp³-hybridized carbons (Fsp3) is 0.533. The summed E-state index contributed by atoms with van der Waals surface area (Å²) >= 11 is 0. The molecule has 1 aromatic rings. The molecule has 20 heavy (non-hydrogen) atoms. The average Bonchev–Trinajstić information content (AvgIpc) is 2.44. The van der Waals surface area contributed by atoms with Gasteiger partial charge in [0.05, 0.1) is 0 Å². The van der Waals surface area contributed by atoms with E-state index in [0.717, 1.165) is 24.2 Å². The van der Waals surface area contributed by atoms with Gasteiger partial charge in [-0.3, -0.25) is 9.69 Å². The molecular formula is C15H23N3O2. The van der Waals surface area contributed by atoms with Crippen LogP contribution in [0.3, 0.4) is 0 Å². The molecule has 1 heterocycles. The molecule has 0 spiro atoms. The van der Waals surface area contributed by atoms with Crippen LogP contribution >= 0.6 is 0 Å². The highest BCUT2D eigenvalue weighted by molar-refractivity contribution is 5.82. The summed E-state index contributed by atoms with van der Waals surface area (Å²) in [6.45, 7) is 7.47. The average molecular weight is 277 g/mol. The van der Waals surface area contributed by atoms with E-state index in [4.69, 9.17) is 0 Å². The SMILES string of the molecule is CCNC(=O)C1CNCCN1Cc1cc(C)ccc1O. The quantitative estimate of drug-likeness (QED) is 0.754. The molecule has 0 saturated carbocycles. The molecular weight excluding hydrogens is 254 g/mol. The monoisotopic (exact) mass is 277 g/mol. The van der Waals surface area contributed by atoms with Gasteiger partial charge < -0.3 is 15.7 Å². The van der Waals surface area contributed by atoms with E-state index < -0.39 is 0 Å². The van der Waals surface area contributed by atoms with E-state index >= 15 is 0 Å². The van der Waals surface area contributed by atoms with Crippen molar-refractivity contribution in [3.8, 4) is 5.75 Å². The molecule has 5 nitrogen and oxygen atoms in total. The van der Waals surface area contributed by atoms with Crippen molar-refractivity contribution in [3.63, 3.8) is 0 Å². The summed E-state index contributed by atoms with van der Waals surface area (Å²) in [6.07, 6.45) is 0. The van der Waals surface area contributed by atoms with Crippen molar-refractivity contribution in [3.05, 3.63) is 29.3 Å². The molecule has 1 atom stereocenters. The third-order valence-electron chi connectivity index (χ3n) is 3.62. The van der Waals surface area contributed by atoms with Gasteiger partial charge in [0.25, 0.3) is 0 Å². The first kappa shape index (κ1) is 14.8. The molecule has 0 radical (unpaired) electrons. The zero-order valence-corrected chi connectivity index (χ0v) is 12.1.